The number of hydrogen-bond donors (Lipinski definition) is 1. The van der Waals surface area contributed by atoms with Crippen LogP contribution in [0.3, 0.4) is 0 Å². The van der Waals surface area contributed by atoms with Crippen LogP contribution in [0, 0.1) is 5.92 Å². The molecule has 2 aromatic carbocycles. The van der Waals surface area contributed by atoms with Crippen LogP contribution in [0.5, 0.6) is 5.75 Å². The Morgan fingerprint density at radius 3 is 2.56 bits per heavy atom. The molecule has 0 bridgehead atoms. The molecule has 1 aliphatic rings. The molecule has 1 amide bonds. The highest BCUT2D eigenvalue weighted by Crippen LogP contribution is 2.40. The number of aliphatic hydroxyl groups excluding tert-OH is 1. The highest BCUT2D eigenvalue weighted by Gasteiger charge is 2.44. The highest BCUT2D eigenvalue weighted by molar-refractivity contribution is 6.09. The van der Waals surface area contributed by atoms with Gasteiger partial charge in [0.15, 0.2) is 11.5 Å². The molecule has 4 rings (SSSR count). The molecule has 0 radical (unpaired) electrons. The minimum atomic E-state index is -0.734. The third kappa shape index (κ3) is 4.30. The van der Waals surface area contributed by atoms with E-state index in [2.05, 4.69) is 0 Å². The van der Waals surface area contributed by atoms with E-state index in [1.807, 2.05) is 54.6 Å². The van der Waals surface area contributed by atoms with Crippen LogP contribution in [0.25, 0.3) is 0 Å². The summed E-state index contributed by atoms with van der Waals surface area (Å²) in [6.45, 7) is 4.02. The molecule has 0 saturated heterocycles. The molecule has 1 unspecified atom stereocenters. The van der Waals surface area contributed by atoms with E-state index in [0.717, 1.165) is 5.56 Å². The van der Waals surface area contributed by atoms with Crippen LogP contribution in [-0.4, -0.2) is 21.7 Å². The highest BCUT2D eigenvalue weighted by atomic mass is 16.5. The van der Waals surface area contributed by atoms with Gasteiger partial charge in [0.2, 0.25) is 0 Å². The number of ether oxygens (including phenoxy) is 1. The molecule has 32 heavy (non-hydrogen) atoms. The Labute approximate surface area is 186 Å². The zero-order valence-electron chi connectivity index (χ0n) is 18.0. The Bertz CT molecular complexity index is 1130. The number of carbonyl (C=O) groups is 2. The molecule has 0 aliphatic carbocycles. The van der Waals surface area contributed by atoms with Gasteiger partial charge < -0.3 is 19.2 Å². The minimum absolute atomic E-state index is 0.108. The van der Waals surface area contributed by atoms with Crippen LogP contribution >= 0.6 is 0 Å². The van der Waals surface area contributed by atoms with E-state index in [1.54, 1.807) is 26.0 Å². The van der Waals surface area contributed by atoms with Gasteiger partial charge in [-0.3, -0.25) is 9.59 Å². The van der Waals surface area contributed by atoms with Crippen molar-refractivity contribution in [2.24, 2.45) is 5.92 Å². The lowest BCUT2D eigenvalue weighted by Gasteiger charge is -2.27. The summed E-state index contributed by atoms with van der Waals surface area (Å²) in [5.74, 6) is -0.561. The quantitative estimate of drug-likeness (QED) is 0.544. The summed E-state index contributed by atoms with van der Waals surface area (Å²) in [5, 5.41) is 10.6. The molecule has 1 atom stereocenters. The van der Waals surface area contributed by atoms with Crippen LogP contribution < -0.4 is 4.74 Å². The second-order valence-electron chi connectivity index (χ2n) is 8.04. The predicted molar refractivity (Wildman–Crippen MR) is 119 cm³/mol. The predicted octanol–water partition coefficient (Wildman–Crippen LogP) is 4.98. The zero-order valence-corrected chi connectivity index (χ0v) is 18.0. The SMILES string of the molecule is CC(C)C(=O)C1=C(O)C(=O)N(Cc2ccco2)C1c1cccc(OCc2ccccc2)c1. The van der Waals surface area contributed by atoms with E-state index in [-0.39, 0.29) is 23.8 Å². The summed E-state index contributed by atoms with van der Waals surface area (Å²) in [6, 6.07) is 19.8. The van der Waals surface area contributed by atoms with Gasteiger partial charge in [0.1, 0.15) is 18.1 Å². The fourth-order valence-corrected chi connectivity index (χ4v) is 3.81. The number of amides is 1. The maximum Gasteiger partial charge on any atom is 0.290 e. The van der Waals surface area contributed by atoms with Gasteiger partial charge in [-0.25, -0.2) is 0 Å². The third-order valence-corrected chi connectivity index (χ3v) is 5.42. The van der Waals surface area contributed by atoms with E-state index in [0.29, 0.717) is 23.7 Å². The molecule has 6 heteroatoms. The topological polar surface area (TPSA) is 80.0 Å². The number of nitrogens with zero attached hydrogens (tertiary/aromatic N) is 1. The molecular formula is C26H25NO5. The number of rotatable bonds is 8. The molecule has 1 aromatic heterocycles. The van der Waals surface area contributed by atoms with Crippen LogP contribution in [0.2, 0.25) is 0 Å². The monoisotopic (exact) mass is 431 g/mol. The number of furan rings is 1. The lowest BCUT2D eigenvalue weighted by Crippen LogP contribution is -2.31. The van der Waals surface area contributed by atoms with Crippen LogP contribution in [-0.2, 0) is 22.7 Å². The first kappa shape index (κ1) is 21.4. The lowest BCUT2D eigenvalue weighted by atomic mass is 9.91. The van der Waals surface area contributed by atoms with Gasteiger partial charge in [-0.1, -0.05) is 56.3 Å². The fraction of sp³-hybridized carbons (Fsp3) is 0.231. The standard InChI is InChI=1S/C26H25NO5/c1-17(2)24(28)22-23(27(26(30)25(22)29)15-21-12-7-13-31-21)19-10-6-11-20(14-19)32-16-18-8-4-3-5-9-18/h3-14,17,23,29H,15-16H2,1-2H3. The van der Waals surface area contributed by atoms with Crippen molar-refractivity contribution in [3.8, 4) is 5.75 Å². The van der Waals surface area contributed by atoms with E-state index < -0.39 is 17.7 Å². The molecule has 2 heterocycles. The van der Waals surface area contributed by atoms with Crippen molar-refractivity contribution in [3.05, 3.63) is 101 Å². The first-order chi connectivity index (χ1) is 15.5. The molecule has 164 valence electrons. The van der Waals surface area contributed by atoms with E-state index >= 15 is 0 Å². The van der Waals surface area contributed by atoms with Gasteiger partial charge in [-0.05, 0) is 35.4 Å². The summed E-state index contributed by atoms with van der Waals surface area (Å²) in [7, 11) is 0. The van der Waals surface area contributed by atoms with Crippen molar-refractivity contribution < 1.29 is 23.8 Å². The zero-order chi connectivity index (χ0) is 22.7. The van der Waals surface area contributed by atoms with E-state index in [9.17, 15) is 14.7 Å². The smallest absolute Gasteiger partial charge is 0.290 e. The van der Waals surface area contributed by atoms with Crippen molar-refractivity contribution in [1.82, 2.24) is 4.90 Å². The van der Waals surface area contributed by atoms with Gasteiger partial charge in [0.05, 0.1) is 24.4 Å². The molecule has 0 fully saturated rings. The Morgan fingerprint density at radius 1 is 1.09 bits per heavy atom. The molecular weight excluding hydrogens is 406 g/mol. The van der Waals surface area contributed by atoms with Gasteiger partial charge in [0, 0.05) is 5.92 Å². The average molecular weight is 431 g/mol. The van der Waals surface area contributed by atoms with Crippen molar-refractivity contribution >= 4 is 11.7 Å². The Morgan fingerprint density at radius 2 is 1.88 bits per heavy atom. The minimum Gasteiger partial charge on any atom is -0.503 e. The number of aliphatic hydroxyl groups is 1. The number of hydrogen-bond acceptors (Lipinski definition) is 5. The van der Waals surface area contributed by atoms with Gasteiger partial charge in [0.25, 0.3) is 5.91 Å². The van der Waals surface area contributed by atoms with Crippen molar-refractivity contribution in [3.63, 3.8) is 0 Å². The summed E-state index contributed by atoms with van der Waals surface area (Å²) in [6.07, 6.45) is 1.52. The fourth-order valence-electron chi connectivity index (χ4n) is 3.81. The average Bonchev–Trinajstić information content (AvgIpc) is 3.40. The number of benzene rings is 2. The lowest BCUT2D eigenvalue weighted by molar-refractivity contribution is -0.130. The first-order valence-corrected chi connectivity index (χ1v) is 10.5. The van der Waals surface area contributed by atoms with E-state index in [1.165, 1.54) is 11.2 Å². The van der Waals surface area contributed by atoms with Crippen LogP contribution in [0.15, 0.2) is 88.7 Å². The number of ketones is 1. The summed E-state index contributed by atoms with van der Waals surface area (Å²) >= 11 is 0. The molecule has 3 aromatic rings. The molecule has 1 N–H and O–H groups in total. The van der Waals surface area contributed by atoms with Crippen molar-refractivity contribution in [2.45, 2.75) is 33.0 Å². The first-order valence-electron chi connectivity index (χ1n) is 10.5. The third-order valence-electron chi connectivity index (χ3n) is 5.42. The number of Topliss-reactive ketones (excluding diaryl/α,β-unsaturated/α-hetero) is 1. The molecule has 0 spiro atoms. The van der Waals surface area contributed by atoms with E-state index in [4.69, 9.17) is 9.15 Å². The summed E-state index contributed by atoms with van der Waals surface area (Å²) in [4.78, 5) is 27.4. The van der Waals surface area contributed by atoms with Gasteiger partial charge in [-0.15, -0.1) is 0 Å². The second kappa shape index (κ2) is 9.14. The maximum absolute atomic E-state index is 13.0. The summed E-state index contributed by atoms with van der Waals surface area (Å²) < 4.78 is 11.4. The molecule has 1 aliphatic heterocycles. The Kier molecular flexibility index (Phi) is 6.12. The Hall–Kier alpha value is -3.80. The molecule has 6 nitrogen and oxygen atoms in total. The largest absolute Gasteiger partial charge is 0.503 e. The van der Waals surface area contributed by atoms with Crippen molar-refractivity contribution in [2.75, 3.05) is 0 Å². The normalized spacial score (nSPS) is 16.2. The van der Waals surface area contributed by atoms with Gasteiger partial charge >= 0.3 is 0 Å². The maximum atomic E-state index is 13.0. The number of carbonyl (C=O) groups excluding carboxylic acids is 2. The van der Waals surface area contributed by atoms with Gasteiger partial charge in [-0.2, -0.15) is 0 Å². The van der Waals surface area contributed by atoms with Crippen LogP contribution in [0.1, 0.15) is 36.8 Å². The Balaban J connectivity index is 1.68. The second-order valence-corrected chi connectivity index (χ2v) is 8.04. The molecule has 0 saturated carbocycles. The van der Waals surface area contributed by atoms with Crippen LogP contribution in [0.4, 0.5) is 0 Å². The van der Waals surface area contributed by atoms with Crippen molar-refractivity contribution in [1.29, 1.82) is 0 Å². The summed E-state index contributed by atoms with van der Waals surface area (Å²) in [5.41, 5.74) is 1.82.